The lowest BCUT2D eigenvalue weighted by Crippen LogP contribution is -2.40. The predicted molar refractivity (Wildman–Crippen MR) is 82.3 cm³/mol. The molecule has 0 fully saturated rings. The number of nitrogens with one attached hydrogen (secondary N) is 2. The molecule has 0 aromatic carbocycles. The highest BCUT2D eigenvalue weighted by Gasteiger charge is 2.14. The van der Waals surface area contributed by atoms with Gasteiger partial charge in [0.1, 0.15) is 0 Å². The highest BCUT2D eigenvalue weighted by atomic mass is 16.1. The van der Waals surface area contributed by atoms with Crippen molar-refractivity contribution < 1.29 is 4.79 Å². The summed E-state index contributed by atoms with van der Waals surface area (Å²) in [5, 5.41) is 6.31. The van der Waals surface area contributed by atoms with E-state index in [0.29, 0.717) is 0 Å². The van der Waals surface area contributed by atoms with Crippen molar-refractivity contribution in [1.29, 1.82) is 0 Å². The van der Waals surface area contributed by atoms with Crippen LogP contribution in [0.4, 0.5) is 0 Å². The van der Waals surface area contributed by atoms with Crippen LogP contribution in [0.3, 0.4) is 0 Å². The Bertz CT molecular complexity index is 229. The summed E-state index contributed by atoms with van der Waals surface area (Å²) in [6.07, 6.45) is 2.20. The van der Waals surface area contributed by atoms with Crippen molar-refractivity contribution in [2.75, 3.05) is 32.7 Å². The molecule has 0 heterocycles. The third-order valence-electron chi connectivity index (χ3n) is 3.54. The first-order chi connectivity index (χ1) is 9.04. The lowest BCUT2D eigenvalue weighted by atomic mass is 10.1. The second-order valence-electron chi connectivity index (χ2n) is 5.29. The van der Waals surface area contributed by atoms with E-state index in [-0.39, 0.29) is 17.9 Å². The monoisotopic (exact) mass is 271 g/mol. The van der Waals surface area contributed by atoms with Crippen molar-refractivity contribution in [2.45, 2.75) is 53.5 Å². The molecular weight excluding hydrogens is 238 g/mol. The molecule has 0 aliphatic heterocycles. The van der Waals surface area contributed by atoms with Gasteiger partial charge in [0.15, 0.2) is 0 Å². The molecule has 0 aliphatic rings. The summed E-state index contributed by atoms with van der Waals surface area (Å²) >= 11 is 0. The van der Waals surface area contributed by atoms with Crippen LogP contribution in [0.25, 0.3) is 0 Å². The van der Waals surface area contributed by atoms with Crippen LogP contribution < -0.4 is 10.6 Å². The van der Waals surface area contributed by atoms with Gasteiger partial charge in [-0.05, 0) is 45.9 Å². The fraction of sp³-hybridized carbons (Fsp3) is 0.933. The Hall–Kier alpha value is -0.610. The third-order valence-corrected chi connectivity index (χ3v) is 3.54. The molecule has 2 unspecified atom stereocenters. The molecule has 0 aromatic heterocycles. The van der Waals surface area contributed by atoms with Crippen LogP contribution in [0.15, 0.2) is 0 Å². The van der Waals surface area contributed by atoms with Crippen molar-refractivity contribution >= 4 is 5.91 Å². The quantitative estimate of drug-likeness (QED) is 0.603. The molecule has 1 amide bonds. The molecule has 0 rings (SSSR count). The number of nitrogens with zero attached hydrogens (tertiary/aromatic N) is 1. The van der Waals surface area contributed by atoms with Crippen LogP contribution in [-0.4, -0.2) is 49.6 Å². The van der Waals surface area contributed by atoms with Gasteiger partial charge in [-0.3, -0.25) is 4.79 Å². The largest absolute Gasteiger partial charge is 0.353 e. The highest BCUT2D eigenvalue weighted by Crippen LogP contribution is 2.01. The van der Waals surface area contributed by atoms with Crippen LogP contribution in [-0.2, 0) is 4.79 Å². The van der Waals surface area contributed by atoms with Crippen LogP contribution in [0.2, 0.25) is 0 Å². The molecule has 2 N–H and O–H groups in total. The lowest BCUT2D eigenvalue weighted by molar-refractivity contribution is -0.125. The SMILES string of the molecule is CCNCC(C)C(=O)NC(C)CCCN(CC)CC. The van der Waals surface area contributed by atoms with Gasteiger partial charge in [-0.15, -0.1) is 0 Å². The normalized spacial score (nSPS) is 14.4. The fourth-order valence-corrected chi connectivity index (χ4v) is 2.07. The zero-order valence-corrected chi connectivity index (χ0v) is 13.5. The Labute approximate surface area is 119 Å². The summed E-state index contributed by atoms with van der Waals surface area (Å²) in [4.78, 5) is 14.3. The predicted octanol–water partition coefficient (Wildman–Crippen LogP) is 1.86. The van der Waals surface area contributed by atoms with Gasteiger partial charge in [-0.2, -0.15) is 0 Å². The lowest BCUT2D eigenvalue weighted by Gasteiger charge is -2.21. The second kappa shape index (κ2) is 11.2. The molecule has 0 saturated carbocycles. The number of carbonyl (C=O) groups is 1. The molecule has 0 saturated heterocycles. The average molecular weight is 271 g/mol. The minimum Gasteiger partial charge on any atom is -0.353 e. The maximum absolute atomic E-state index is 11.9. The van der Waals surface area contributed by atoms with Crippen molar-refractivity contribution in [3.63, 3.8) is 0 Å². The Morgan fingerprint density at radius 2 is 1.79 bits per heavy atom. The molecule has 2 atom stereocenters. The maximum atomic E-state index is 11.9. The van der Waals surface area contributed by atoms with E-state index < -0.39 is 0 Å². The van der Waals surface area contributed by atoms with Crippen LogP contribution in [0, 0.1) is 5.92 Å². The summed E-state index contributed by atoms with van der Waals surface area (Å²) in [5.74, 6) is 0.210. The van der Waals surface area contributed by atoms with E-state index >= 15 is 0 Å². The van der Waals surface area contributed by atoms with Gasteiger partial charge in [0.25, 0.3) is 0 Å². The van der Waals surface area contributed by atoms with Gasteiger partial charge in [-0.25, -0.2) is 0 Å². The second-order valence-corrected chi connectivity index (χ2v) is 5.29. The van der Waals surface area contributed by atoms with Gasteiger partial charge in [-0.1, -0.05) is 27.7 Å². The molecule has 4 nitrogen and oxygen atoms in total. The first-order valence-electron chi connectivity index (χ1n) is 7.78. The van der Waals surface area contributed by atoms with Gasteiger partial charge in [0.05, 0.1) is 0 Å². The highest BCUT2D eigenvalue weighted by molar-refractivity contribution is 5.78. The summed E-state index contributed by atoms with van der Waals surface area (Å²) in [6, 6.07) is 0.270. The first kappa shape index (κ1) is 18.4. The third kappa shape index (κ3) is 9.00. The summed E-state index contributed by atoms with van der Waals surface area (Å²) in [7, 11) is 0. The Kier molecular flexibility index (Phi) is 10.9. The molecule has 4 heteroatoms. The van der Waals surface area contributed by atoms with Crippen LogP contribution >= 0.6 is 0 Å². The topological polar surface area (TPSA) is 44.4 Å². The standard InChI is InChI=1S/C15H33N3O/c1-6-16-12-13(4)15(19)17-14(5)10-9-11-18(7-2)8-3/h13-14,16H,6-12H2,1-5H3,(H,17,19). The zero-order valence-electron chi connectivity index (χ0n) is 13.5. The average Bonchev–Trinajstić information content (AvgIpc) is 2.40. The molecule has 0 aliphatic carbocycles. The number of carbonyl (C=O) groups excluding carboxylic acids is 1. The number of rotatable bonds is 11. The summed E-state index contributed by atoms with van der Waals surface area (Å²) < 4.78 is 0. The van der Waals surface area contributed by atoms with E-state index in [1.54, 1.807) is 0 Å². The van der Waals surface area contributed by atoms with Gasteiger partial charge in [0, 0.05) is 18.5 Å². The molecule has 114 valence electrons. The molecule has 19 heavy (non-hydrogen) atoms. The van der Waals surface area contributed by atoms with Crippen molar-refractivity contribution in [2.24, 2.45) is 5.92 Å². The Balaban J connectivity index is 3.78. The van der Waals surface area contributed by atoms with E-state index in [1.165, 1.54) is 0 Å². The first-order valence-corrected chi connectivity index (χ1v) is 7.78. The zero-order chi connectivity index (χ0) is 14.7. The molecule has 0 radical (unpaired) electrons. The Morgan fingerprint density at radius 3 is 2.32 bits per heavy atom. The summed E-state index contributed by atoms with van der Waals surface area (Å²) in [6.45, 7) is 15.5. The van der Waals surface area contributed by atoms with Crippen molar-refractivity contribution in [3.8, 4) is 0 Å². The fourth-order valence-electron chi connectivity index (χ4n) is 2.07. The van der Waals surface area contributed by atoms with E-state index in [9.17, 15) is 4.79 Å². The molecule has 0 aromatic rings. The van der Waals surface area contributed by atoms with Crippen LogP contribution in [0.5, 0.6) is 0 Å². The van der Waals surface area contributed by atoms with Crippen molar-refractivity contribution in [1.82, 2.24) is 15.5 Å². The van der Waals surface area contributed by atoms with Gasteiger partial charge >= 0.3 is 0 Å². The smallest absolute Gasteiger partial charge is 0.224 e. The molecule has 0 bridgehead atoms. The van der Waals surface area contributed by atoms with Crippen molar-refractivity contribution in [3.05, 3.63) is 0 Å². The minimum absolute atomic E-state index is 0.0465. The number of amides is 1. The van der Waals surface area contributed by atoms with E-state index in [0.717, 1.165) is 45.6 Å². The number of hydrogen-bond acceptors (Lipinski definition) is 3. The van der Waals surface area contributed by atoms with E-state index in [2.05, 4.69) is 43.2 Å². The Morgan fingerprint density at radius 1 is 1.16 bits per heavy atom. The maximum Gasteiger partial charge on any atom is 0.224 e. The van der Waals surface area contributed by atoms with E-state index in [4.69, 9.17) is 0 Å². The minimum atomic E-state index is 0.0465. The molecule has 0 spiro atoms. The van der Waals surface area contributed by atoms with E-state index in [1.807, 2.05) is 6.92 Å². The molecular formula is C15H33N3O. The van der Waals surface area contributed by atoms with Gasteiger partial charge in [0.2, 0.25) is 5.91 Å². The van der Waals surface area contributed by atoms with Gasteiger partial charge < -0.3 is 15.5 Å². The van der Waals surface area contributed by atoms with Crippen LogP contribution in [0.1, 0.15) is 47.5 Å². The number of hydrogen-bond donors (Lipinski definition) is 2. The summed E-state index contributed by atoms with van der Waals surface area (Å²) in [5.41, 5.74) is 0.